The maximum Gasteiger partial charge on any atom is 0.125 e. The molecule has 4 heteroatoms. The van der Waals surface area contributed by atoms with E-state index in [0.29, 0.717) is 12.2 Å². The van der Waals surface area contributed by atoms with Crippen LogP contribution in [-0.4, -0.2) is 7.11 Å². The Hall–Kier alpha value is -2.07. The molecular formula is C14H15FN2O. The zero-order valence-electron chi connectivity index (χ0n) is 10.1. The van der Waals surface area contributed by atoms with Crippen molar-refractivity contribution in [3.05, 3.63) is 53.8 Å². The van der Waals surface area contributed by atoms with Crippen LogP contribution in [0.4, 0.5) is 15.8 Å². The maximum atomic E-state index is 13.3. The maximum absolute atomic E-state index is 13.3. The molecule has 2 aromatic carbocycles. The highest BCUT2D eigenvalue weighted by Crippen LogP contribution is 2.22. The van der Waals surface area contributed by atoms with Crippen molar-refractivity contribution >= 4 is 11.4 Å². The Morgan fingerprint density at radius 2 is 2.00 bits per heavy atom. The number of hydrogen-bond acceptors (Lipinski definition) is 3. The molecule has 0 aromatic heterocycles. The van der Waals surface area contributed by atoms with Gasteiger partial charge in [-0.15, -0.1) is 0 Å². The van der Waals surface area contributed by atoms with Crippen molar-refractivity contribution in [1.29, 1.82) is 0 Å². The molecule has 0 amide bonds. The Morgan fingerprint density at radius 1 is 1.17 bits per heavy atom. The van der Waals surface area contributed by atoms with E-state index < -0.39 is 0 Å². The van der Waals surface area contributed by atoms with Crippen LogP contribution in [0.5, 0.6) is 5.75 Å². The number of hydrogen-bond donors (Lipinski definition) is 2. The molecule has 0 bridgehead atoms. The van der Waals surface area contributed by atoms with Crippen molar-refractivity contribution in [2.75, 3.05) is 12.4 Å². The van der Waals surface area contributed by atoms with Crippen LogP contribution in [-0.2, 0) is 6.54 Å². The second-order valence-electron chi connectivity index (χ2n) is 3.91. The van der Waals surface area contributed by atoms with E-state index in [-0.39, 0.29) is 5.82 Å². The van der Waals surface area contributed by atoms with Crippen LogP contribution >= 0.6 is 0 Å². The molecule has 0 heterocycles. The van der Waals surface area contributed by atoms with E-state index in [9.17, 15) is 4.39 Å². The molecule has 18 heavy (non-hydrogen) atoms. The van der Waals surface area contributed by atoms with Gasteiger partial charge in [0.05, 0.1) is 7.11 Å². The fourth-order valence-corrected chi connectivity index (χ4v) is 1.71. The molecule has 0 aliphatic heterocycles. The minimum atomic E-state index is -0.302. The number of benzene rings is 2. The van der Waals surface area contributed by atoms with Gasteiger partial charge in [0, 0.05) is 24.0 Å². The van der Waals surface area contributed by atoms with Gasteiger partial charge in [-0.1, -0.05) is 6.07 Å². The molecule has 0 saturated heterocycles. The van der Waals surface area contributed by atoms with Gasteiger partial charge in [-0.05, 0) is 35.9 Å². The van der Waals surface area contributed by atoms with E-state index in [0.717, 1.165) is 17.0 Å². The van der Waals surface area contributed by atoms with E-state index in [1.54, 1.807) is 7.11 Å². The Balaban J connectivity index is 2.24. The third kappa shape index (κ3) is 2.99. The normalized spacial score (nSPS) is 10.2. The summed E-state index contributed by atoms with van der Waals surface area (Å²) >= 11 is 0. The molecule has 0 radical (unpaired) electrons. The summed E-state index contributed by atoms with van der Waals surface area (Å²) in [5, 5.41) is 3.12. The summed E-state index contributed by atoms with van der Waals surface area (Å²) < 4.78 is 18.5. The number of anilines is 2. The van der Waals surface area contributed by atoms with Gasteiger partial charge in [-0.2, -0.15) is 0 Å². The summed E-state index contributed by atoms with van der Waals surface area (Å²) in [4.78, 5) is 0. The van der Waals surface area contributed by atoms with Crippen LogP contribution in [0.25, 0.3) is 0 Å². The monoisotopic (exact) mass is 246 g/mol. The van der Waals surface area contributed by atoms with Crippen LogP contribution < -0.4 is 15.8 Å². The van der Waals surface area contributed by atoms with Crippen molar-refractivity contribution in [2.24, 2.45) is 5.73 Å². The number of halogens is 1. The van der Waals surface area contributed by atoms with E-state index in [1.165, 1.54) is 12.1 Å². The molecule has 0 aliphatic carbocycles. The first-order chi connectivity index (χ1) is 8.71. The van der Waals surface area contributed by atoms with Gasteiger partial charge in [0.15, 0.2) is 0 Å². The van der Waals surface area contributed by atoms with E-state index in [4.69, 9.17) is 10.5 Å². The molecule has 0 aliphatic rings. The summed E-state index contributed by atoms with van der Waals surface area (Å²) in [7, 11) is 1.60. The second-order valence-corrected chi connectivity index (χ2v) is 3.91. The van der Waals surface area contributed by atoms with Crippen LogP contribution in [0, 0.1) is 5.82 Å². The molecule has 0 saturated carbocycles. The smallest absolute Gasteiger partial charge is 0.125 e. The molecule has 94 valence electrons. The standard InChI is InChI=1S/C14H15FN2O/c1-18-14-4-2-3-12(8-14)17-13-6-10(9-16)5-11(15)7-13/h2-8,17H,9,16H2,1H3. The third-order valence-corrected chi connectivity index (χ3v) is 2.55. The Bertz CT molecular complexity index is 543. The zero-order valence-corrected chi connectivity index (χ0v) is 10.1. The van der Waals surface area contributed by atoms with Gasteiger partial charge in [0.1, 0.15) is 11.6 Å². The topological polar surface area (TPSA) is 47.3 Å². The molecule has 2 aromatic rings. The predicted molar refractivity (Wildman–Crippen MR) is 70.6 cm³/mol. The lowest BCUT2D eigenvalue weighted by Crippen LogP contribution is -1.99. The van der Waals surface area contributed by atoms with E-state index >= 15 is 0 Å². The van der Waals surface area contributed by atoms with Crippen LogP contribution in [0.1, 0.15) is 5.56 Å². The van der Waals surface area contributed by atoms with E-state index in [2.05, 4.69) is 5.32 Å². The molecule has 0 atom stereocenters. The summed E-state index contributed by atoms with van der Waals surface area (Å²) in [6.45, 7) is 0.310. The van der Waals surface area contributed by atoms with Gasteiger partial charge >= 0.3 is 0 Å². The van der Waals surface area contributed by atoms with Crippen LogP contribution in [0.15, 0.2) is 42.5 Å². The Labute approximate surface area is 105 Å². The van der Waals surface area contributed by atoms with Crippen molar-refractivity contribution in [3.63, 3.8) is 0 Å². The lowest BCUT2D eigenvalue weighted by atomic mass is 10.2. The highest BCUT2D eigenvalue weighted by Gasteiger charge is 2.01. The largest absolute Gasteiger partial charge is 0.497 e. The van der Waals surface area contributed by atoms with Crippen LogP contribution in [0.3, 0.4) is 0 Å². The highest BCUT2D eigenvalue weighted by molar-refractivity contribution is 5.61. The SMILES string of the molecule is COc1cccc(Nc2cc(F)cc(CN)c2)c1. The minimum Gasteiger partial charge on any atom is -0.497 e. The first-order valence-corrected chi connectivity index (χ1v) is 5.62. The lowest BCUT2D eigenvalue weighted by Gasteiger charge is -2.09. The highest BCUT2D eigenvalue weighted by atomic mass is 19.1. The summed E-state index contributed by atoms with van der Waals surface area (Å²) in [5.41, 5.74) is 7.77. The molecule has 3 N–H and O–H groups in total. The molecule has 0 fully saturated rings. The average Bonchev–Trinajstić information content (AvgIpc) is 2.38. The molecular weight excluding hydrogens is 231 g/mol. The minimum absolute atomic E-state index is 0.302. The number of nitrogens with one attached hydrogen (secondary N) is 1. The van der Waals surface area contributed by atoms with Crippen molar-refractivity contribution < 1.29 is 9.13 Å². The zero-order chi connectivity index (χ0) is 13.0. The fraction of sp³-hybridized carbons (Fsp3) is 0.143. The molecule has 0 spiro atoms. The fourth-order valence-electron chi connectivity index (χ4n) is 1.71. The number of methoxy groups -OCH3 is 1. The molecule has 3 nitrogen and oxygen atoms in total. The van der Waals surface area contributed by atoms with Gasteiger partial charge in [-0.3, -0.25) is 0 Å². The molecule has 0 unspecified atom stereocenters. The molecule has 2 rings (SSSR count). The van der Waals surface area contributed by atoms with Gasteiger partial charge < -0.3 is 15.8 Å². The third-order valence-electron chi connectivity index (χ3n) is 2.55. The number of ether oxygens (including phenoxy) is 1. The van der Waals surface area contributed by atoms with Crippen molar-refractivity contribution in [1.82, 2.24) is 0 Å². The average molecular weight is 246 g/mol. The number of nitrogens with two attached hydrogens (primary N) is 1. The van der Waals surface area contributed by atoms with Gasteiger partial charge in [0.25, 0.3) is 0 Å². The van der Waals surface area contributed by atoms with E-state index in [1.807, 2.05) is 30.3 Å². The quantitative estimate of drug-likeness (QED) is 0.871. The lowest BCUT2D eigenvalue weighted by molar-refractivity contribution is 0.415. The van der Waals surface area contributed by atoms with Crippen LogP contribution in [0.2, 0.25) is 0 Å². The summed E-state index contributed by atoms with van der Waals surface area (Å²) in [6, 6.07) is 12.1. The summed E-state index contributed by atoms with van der Waals surface area (Å²) in [6.07, 6.45) is 0. The summed E-state index contributed by atoms with van der Waals surface area (Å²) in [5.74, 6) is 0.443. The van der Waals surface area contributed by atoms with Crippen molar-refractivity contribution in [2.45, 2.75) is 6.54 Å². The van der Waals surface area contributed by atoms with Gasteiger partial charge in [0.2, 0.25) is 0 Å². The Morgan fingerprint density at radius 3 is 2.72 bits per heavy atom. The van der Waals surface area contributed by atoms with Gasteiger partial charge in [-0.25, -0.2) is 4.39 Å². The first-order valence-electron chi connectivity index (χ1n) is 5.62. The second kappa shape index (κ2) is 5.51. The van der Waals surface area contributed by atoms with Crippen molar-refractivity contribution in [3.8, 4) is 5.75 Å². The Kier molecular flexibility index (Phi) is 3.79. The number of rotatable bonds is 4. The predicted octanol–water partition coefficient (Wildman–Crippen LogP) is 3.04. The first kappa shape index (κ1) is 12.4.